The van der Waals surface area contributed by atoms with Crippen molar-refractivity contribution in [1.29, 1.82) is 0 Å². The van der Waals surface area contributed by atoms with E-state index in [2.05, 4.69) is 4.99 Å². The number of carboxylic acids is 1. The second-order valence-electron chi connectivity index (χ2n) is 5.46. The molecule has 1 aliphatic heterocycles. The SMILES string of the molecule is O=C=N[C@](CO)(OCc1ccccc1-c1ccc2c(c1)OCO2)C(=O)O. The molecule has 1 heterocycles. The summed E-state index contributed by atoms with van der Waals surface area (Å²) in [5.41, 5.74) is -0.147. The predicted molar refractivity (Wildman–Crippen MR) is 88.4 cm³/mol. The van der Waals surface area contributed by atoms with Gasteiger partial charge in [0.15, 0.2) is 11.5 Å². The first-order valence-corrected chi connectivity index (χ1v) is 7.65. The van der Waals surface area contributed by atoms with Gasteiger partial charge in [0.25, 0.3) is 5.72 Å². The number of carbonyl (C=O) groups excluding carboxylic acids is 1. The molecule has 26 heavy (non-hydrogen) atoms. The van der Waals surface area contributed by atoms with Crippen molar-refractivity contribution in [3.05, 3.63) is 48.0 Å². The number of nitrogens with zero attached hydrogens (tertiary/aromatic N) is 1. The Morgan fingerprint density at radius 1 is 1.23 bits per heavy atom. The lowest BCUT2D eigenvalue weighted by atomic mass is 9.99. The van der Waals surface area contributed by atoms with Crippen molar-refractivity contribution in [3.8, 4) is 22.6 Å². The third-order valence-corrected chi connectivity index (χ3v) is 3.94. The highest BCUT2D eigenvalue weighted by molar-refractivity contribution is 5.78. The first kappa shape index (κ1) is 17.6. The Labute approximate surface area is 148 Å². The molecule has 0 saturated carbocycles. The Bertz CT molecular complexity index is 872. The maximum absolute atomic E-state index is 11.4. The van der Waals surface area contributed by atoms with Gasteiger partial charge < -0.3 is 24.4 Å². The molecule has 134 valence electrons. The summed E-state index contributed by atoms with van der Waals surface area (Å²) >= 11 is 0. The number of rotatable bonds is 7. The van der Waals surface area contributed by atoms with Crippen LogP contribution in [0.25, 0.3) is 11.1 Å². The molecule has 0 aliphatic carbocycles. The maximum Gasteiger partial charge on any atom is 0.362 e. The van der Waals surface area contributed by atoms with E-state index >= 15 is 0 Å². The molecule has 3 rings (SSSR count). The number of aliphatic imine (C=N–C) groups is 1. The van der Waals surface area contributed by atoms with Crippen LogP contribution in [0.1, 0.15) is 5.56 Å². The van der Waals surface area contributed by atoms with Crippen molar-refractivity contribution in [2.75, 3.05) is 13.4 Å². The van der Waals surface area contributed by atoms with Gasteiger partial charge in [-0.1, -0.05) is 30.3 Å². The van der Waals surface area contributed by atoms with Gasteiger partial charge in [-0.05, 0) is 28.8 Å². The van der Waals surface area contributed by atoms with E-state index in [9.17, 15) is 19.8 Å². The van der Waals surface area contributed by atoms with Crippen molar-refractivity contribution in [2.45, 2.75) is 12.3 Å². The smallest absolute Gasteiger partial charge is 0.362 e. The highest BCUT2D eigenvalue weighted by Crippen LogP contribution is 2.37. The Kier molecular flexibility index (Phi) is 4.99. The fraction of sp³-hybridized carbons (Fsp3) is 0.222. The summed E-state index contributed by atoms with van der Waals surface area (Å²) in [6.45, 7) is -1.03. The predicted octanol–water partition coefficient (Wildman–Crippen LogP) is 1.71. The van der Waals surface area contributed by atoms with Crippen LogP contribution in [-0.2, 0) is 20.9 Å². The van der Waals surface area contributed by atoms with Crippen LogP contribution < -0.4 is 9.47 Å². The maximum atomic E-state index is 11.4. The van der Waals surface area contributed by atoms with E-state index < -0.39 is 18.3 Å². The van der Waals surface area contributed by atoms with Crippen LogP contribution >= 0.6 is 0 Å². The molecular formula is C18H15NO7. The van der Waals surface area contributed by atoms with Crippen LogP contribution in [0.3, 0.4) is 0 Å². The molecular weight excluding hydrogens is 342 g/mol. The average molecular weight is 357 g/mol. The Balaban J connectivity index is 1.90. The van der Waals surface area contributed by atoms with Gasteiger partial charge in [0.2, 0.25) is 12.9 Å². The quantitative estimate of drug-likeness (QED) is 0.572. The summed E-state index contributed by atoms with van der Waals surface area (Å²) < 4.78 is 16.0. The molecule has 2 aromatic rings. The number of isocyanates is 1. The van der Waals surface area contributed by atoms with E-state index in [1.54, 1.807) is 24.3 Å². The fourth-order valence-electron chi connectivity index (χ4n) is 2.55. The number of aliphatic hydroxyl groups is 1. The first-order chi connectivity index (χ1) is 12.6. The largest absolute Gasteiger partial charge is 0.478 e. The number of fused-ring (bicyclic) bond motifs is 1. The van der Waals surface area contributed by atoms with Crippen LogP contribution in [0, 0.1) is 0 Å². The van der Waals surface area contributed by atoms with E-state index in [-0.39, 0.29) is 13.4 Å². The zero-order valence-electron chi connectivity index (χ0n) is 13.5. The second-order valence-corrected chi connectivity index (χ2v) is 5.46. The van der Waals surface area contributed by atoms with Crippen molar-refractivity contribution in [2.24, 2.45) is 4.99 Å². The number of hydrogen-bond acceptors (Lipinski definition) is 7. The highest BCUT2D eigenvalue weighted by atomic mass is 16.7. The van der Waals surface area contributed by atoms with Gasteiger partial charge in [0.05, 0.1) is 6.61 Å². The number of aliphatic carboxylic acids is 1. The summed E-state index contributed by atoms with van der Waals surface area (Å²) in [7, 11) is 0. The zero-order chi connectivity index (χ0) is 18.6. The topological polar surface area (TPSA) is 115 Å². The van der Waals surface area contributed by atoms with E-state index in [0.29, 0.717) is 17.1 Å². The Morgan fingerprint density at radius 3 is 2.73 bits per heavy atom. The van der Waals surface area contributed by atoms with Crippen molar-refractivity contribution >= 4 is 12.0 Å². The minimum absolute atomic E-state index is 0.158. The minimum Gasteiger partial charge on any atom is -0.478 e. The lowest BCUT2D eigenvalue weighted by Crippen LogP contribution is -2.43. The first-order valence-electron chi connectivity index (χ1n) is 7.65. The molecule has 2 aromatic carbocycles. The van der Waals surface area contributed by atoms with E-state index in [4.69, 9.17) is 14.2 Å². The van der Waals surface area contributed by atoms with Crippen LogP contribution in [0.2, 0.25) is 0 Å². The number of hydrogen-bond donors (Lipinski definition) is 2. The third kappa shape index (κ3) is 3.29. The van der Waals surface area contributed by atoms with Crippen LogP contribution in [0.15, 0.2) is 47.5 Å². The lowest BCUT2D eigenvalue weighted by molar-refractivity contribution is -0.172. The van der Waals surface area contributed by atoms with E-state index in [1.165, 1.54) is 0 Å². The van der Waals surface area contributed by atoms with Gasteiger partial charge >= 0.3 is 5.97 Å². The molecule has 0 saturated heterocycles. The molecule has 1 atom stereocenters. The summed E-state index contributed by atoms with van der Waals surface area (Å²) in [5, 5.41) is 18.6. The number of carboxylic acid groups (broad SMARTS) is 1. The van der Waals surface area contributed by atoms with E-state index in [1.807, 2.05) is 18.2 Å². The number of ether oxygens (including phenoxy) is 3. The molecule has 0 spiro atoms. The van der Waals surface area contributed by atoms with Crippen LogP contribution in [-0.4, -0.2) is 41.4 Å². The summed E-state index contributed by atoms with van der Waals surface area (Å²) in [5.74, 6) is -0.323. The third-order valence-electron chi connectivity index (χ3n) is 3.94. The fourth-order valence-corrected chi connectivity index (χ4v) is 2.55. The molecule has 0 fully saturated rings. The molecule has 0 aromatic heterocycles. The monoisotopic (exact) mass is 357 g/mol. The standard InChI is InChI=1S/C18H15NO7/c20-9-18(17(22)23,19-10-21)26-8-13-3-1-2-4-14(13)12-5-6-15-16(7-12)25-11-24-15/h1-7,20H,8-9,11H2,(H,22,23)/t18-/m1/s1. The van der Waals surface area contributed by atoms with Gasteiger partial charge in [0, 0.05) is 0 Å². The molecule has 8 nitrogen and oxygen atoms in total. The number of aliphatic hydroxyl groups excluding tert-OH is 1. The molecule has 0 radical (unpaired) electrons. The number of benzene rings is 2. The van der Waals surface area contributed by atoms with Gasteiger partial charge in [0.1, 0.15) is 6.61 Å². The van der Waals surface area contributed by atoms with Gasteiger partial charge in [-0.2, -0.15) is 4.99 Å². The van der Waals surface area contributed by atoms with Crippen molar-refractivity contribution in [3.63, 3.8) is 0 Å². The minimum atomic E-state index is -2.39. The summed E-state index contributed by atoms with van der Waals surface area (Å²) in [4.78, 5) is 25.0. The normalized spacial score (nSPS) is 14.3. The van der Waals surface area contributed by atoms with Gasteiger partial charge in [-0.3, -0.25) is 0 Å². The molecule has 2 N–H and O–H groups in total. The Morgan fingerprint density at radius 2 is 2.00 bits per heavy atom. The van der Waals surface area contributed by atoms with Crippen LogP contribution in [0.5, 0.6) is 11.5 Å². The van der Waals surface area contributed by atoms with Gasteiger partial charge in [-0.15, -0.1) is 0 Å². The van der Waals surface area contributed by atoms with Crippen molar-refractivity contribution < 1.29 is 34.0 Å². The molecule has 0 unspecified atom stereocenters. The van der Waals surface area contributed by atoms with Crippen molar-refractivity contribution in [1.82, 2.24) is 0 Å². The van der Waals surface area contributed by atoms with E-state index in [0.717, 1.165) is 17.2 Å². The average Bonchev–Trinajstić information content (AvgIpc) is 3.13. The summed E-state index contributed by atoms with van der Waals surface area (Å²) in [6.07, 6.45) is 1.13. The molecule has 0 amide bonds. The Hall–Kier alpha value is -3.19. The van der Waals surface area contributed by atoms with Gasteiger partial charge in [-0.25, -0.2) is 9.59 Å². The lowest BCUT2D eigenvalue weighted by Gasteiger charge is -2.22. The summed E-state index contributed by atoms with van der Waals surface area (Å²) in [6, 6.07) is 12.6. The molecule has 0 bridgehead atoms. The number of carbonyl (C=O) groups is 1. The molecule has 8 heteroatoms. The molecule has 1 aliphatic rings. The second kappa shape index (κ2) is 7.37. The highest BCUT2D eigenvalue weighted by Gasteiger charge is 2.40. The zero-order valence-corrected chi connectivity index (χ0v) is 13.5. The van der Waals surface area contributed by atoms with Crippen LogP contribution in [0.4, 0.5) is 0 Å².